The summed E-state index contributed by atoms with van der Waals surface area (Å²) in [4.78, 5) is 18.1. The molecule has 7 nitrogen and oxygen atoms in total. The fraction of sp³-hybridized carbons (Fsp3) is 0.391. The predicted molar refractivity (Wildman–Crippen MR) is 133 cm³/mol. The number of nitrogens with zero attached hydrogens (tertiary/aromatic N) is 2. The number of likely N-dealkylation sites (N-methyl/N-ethyl adjacent to an activating group) is 1. The molecule has 1 saturated carbocycles. The Morgan fingerprint density at radius 2 is 1.84 bits per heavy atom. The molecule has 0 heterocycles. The van der Waals surface area contributed by atoms with Crippen molar-refractivity contribution in [3.8, 4) is 11.5 Å². The van der Waals surface area contributed by atoms with Crippen LogP contribution in [0.3, 0.4) is 0 Å². The first-order valence-electron chi connectivity index (χ1n) is 10.2. The van der Waals surface area contributed by atoms with E-state index < -0.39 is 0 Å². The minimum Gasteiger partial charge on any atom is -0.492 e. The number of benzene rings is 2. The summed E-state index contributed by atoms with van der Waals surface area (Å²) in [6.07, 6.45) is 2.14. The summed E-state index contributed by atoms with van der Waals surface area (Å²) >= 11 is 0. The third-order valence-electron chi connectivity index (χ3n) is 4.67. The van der Waals surface area contributed by atoms with Gasteiger partial charge in [0.1, 0.15) is 18.1 Å². The number of hydrogen-bond acceptors (Lipinski definition) is 4. The molecule has 0 unspecified atom stereocenters. The van der Waals surface area contributed by atoms with E-state index in [1.54, 1.807) is 7.05 Å². The Hall–Kier alpha value is -2.49. The Morgan fingerprint density at radius 1 is 1.10 bits per heavy atom. The van der Waals surface area contributed by atoms with Crippen molar-refractivity contribution in [3.05, 3.63) is 60.2 Å². The fourth-order valence-corrected chi connectivity index (χ4v) is 2.88. The average molecular weight is 538 g/mol. The maximum absolute atomic E-state index is 11.8. The van der Waals surface area contributed by atoms with Gasteiger partial charge in [0, 0.05) is 26.7 Å². The van der Waals surface area contributed by atoms with Gasteiger partial charge in [0.25, 0.3) is 5.91 Å². The summed E-state index contributed by atoms with van der Waals surface area (Å²) in [7, 11) is 3.73. The number of guanidine groups is 1. The van der Waals surface area contributed by atoms with Crippen LogP contribution in [-0.4, -0.2) is 56.7 Å². The Kier molecular flexibility index (Phi) is 10.4. The highest BCUT2D eigenvalue weighted by Crippen LogP contribution is 2.18. The largest absolute Gasteiger partial charge is 0.492 e. The van der Waals surface area contributed by atoms with Crippen LogP contribution in [0.2, 0.25) is 0 Å². The SMILES string of the molecule is CN=C(NCc1cccc(OCC(=O)NC2CC2)c1)N(C)CCOc1ccccc1.I. The second-order valence-corrected chi connectivity index (χ2v) is 7.26. The van der Waals surface area contributed by atoms with Crippen LogP contribution in [0.25, 0.3) is 0 Å². The number of nitrogens with one attached hydrogen (secondary N) is 2. The van der Waals surface area contributed by atoms with Crippen molar-refractivity contribution in [1.29, 1.82) is 0 Å². The molecule has 2 aromatic carbocycles. The highest BCUT2D eigenvalue weighted by molar-refractivity contribution is 14.0. The molecule has 0 saturated heterocycles. The molecule has 1 aliphatic rings. The van der Waals surface area contributed by atoms with Gasteiger partial charge in [-0.3, -0.25) is 9.79 Å². The minimum atomic E-state index is -0.0687. The number of hydrogen-bond donors (Lipinski definition) is 2. The van der Waals surface area contributed by atoms with Crippen molar-refractivity contribution >= 4 is 35.8 Å². The van der Waals surface area contributed by atoms with Gasteiger partial charge in [0.05, 0.1) is 6.54 Å². The molecule has 0 radical (unpaired) electrons. The maximum Gasteiger partial charge on any atom is 0.258 e. The molecule has 3 rings (SSSR count). The van der Waals surface area contributed by atoms with Gasteiger partial charge in [-0.15, -0.1) is 24.0 Å². The molecule has 0 atom stereocenters. The molecule has 8 heteroatoms. The van der Waals surface area contributed by atoms with E-state index in [4.69, 9.17) is 9.47 Å². The van der Waals surface area contributed by atoms with Gasteiger partial charge < -0.3 is 25.0 Å². The predicted octanol–water partition coefficient (Wildman–Crippen LogP) is 3.05. The number of para-hydroxylation sites is 1. The number of aliphatic imine (C=N–C) groups is 1. The van der Waals surface area contributed by atoms with E-state index in [2.05, 4.69) is 15.6 Å². The third kappa shape index (κ3) is 9.04. The zero-order chi connectivity index (χ0) is 21.2. The van der Waals surface area contributed by atoms with E-state index >= 15 is 0 Å². The van der Waals surface area contributed by atoms with Crippen molar-refractivity contribution in [2.75, 3.05) is 33.9 Å². The van der Waals surface area contributed by atoms with Crippen LogP contribution < -0.4 is 20.1 Å². The van der Waals surface area contributed by atoms with Crippen LogP contribution in [0.5, 0.6) is 11.5 Å². The molecular formula is C23H31IN4O3. The number of carbonyl (C=O) groups excluding carboxylic acids is 1. The van der Waals surface area contributed by atoms with E-state index in [0.717, 1.165) is 30.1 Å². The summed E-state index contributed by atoms with van der Waals surface area (Å²) in [6.45, 7) is 1.91. The minimum absolute atomic E-state index is 0. The molecule has 0 spiro atoms. The molecular weight excluding hydrogens is 507 g/mol. The topological polar surface area (TPSA) is 75.2 Å². The first kappa shape index (κ1) is 24.8. The standard InChI is InChI=1S/C23H30N4O3.HI/c1-24-23(27(2)13-14-29-20-8-4-3-5-9-20)25-16-18-7-6-10-21(15-18)30-17-22(28)26-19-11-12-19;/h3-10,15,19H,11-14,16-17H2,1-2H3,(H,24,25)(H,26,28);1H. The highest BCUT2D eigenvalue weighted by atomic mass is 127. The smallest absolute Gasteiger partial charge is 0.258 e. The van der Waals surface area contributed by atoms with Gasteiger partial charge in [-0.05, 0) is 42.7 Å². The van der Waals surface area contributed by atoms with Crippen LogP contribution >= 0.6 is 24.0 Å². The van der Waals surface area contributed by atoms with Crippen LogP contribution in [0.4, 0.5) is 0 Å². The summed E-state index contributed by atoms with van der Waals surface area (Å²) in [5, 5.41) is 6.26. The lowest BCUT2D eigenvalue weighted by atomic mass is 10.2. The van der Waals surface area contributed by atoms with Gasteiger partial charge in [-0.2, -0.15) is 0 Å². The highest BCUT2D eigenvalue weighted by Gasteiger charge is 2.23. The van der Waals surface area contributed by atoms with E-state index in [-0.39, 0.29) is 36.5 Å². The molecule has 0 bridgehead atoms. The monoisotopic (exact) mass is 538 g/mol. The number of amides is 1. The number of rotatable bonds is 10. The Labute approximate surface area is 201 Å². The van der Waals surface area contributed by atoms with Gasteiger partial charge >= 0.3 is 0 Å². The lowest BCUT2D eigenvalue weighted by Crippen LogP contribution is -2.40. The number of halogens is 1. The molecule has 0 aromatic heterocycles. The molecule has 1 amide bonds. The zero-order valence-corrected chi connectivity index (χ0v) is 20.4. The summed E-state index contributed by atoms with van der Waals surface area (Å²) < 4.78 is 11.4. The van der Waals surface area contributed by atoms with Crippen molar-refractivity contribution in [1.82, 2.24) is 15.5 Å². The molecule has 31 heavy (non-hydrogen) atoms. The van der Waals surface area contributed by atoms with Crippen LogP contribution in [0, 0.1) is 0 Å². The maximum atomic E-state index is 11.8. The van der Waals surface area contributed by atoms with E-state index in [0.29, 0.717) is 31.5 Å². The molecule has 1 aliphatic carbocycles. The molecule has 2 aromatic rings. The van der Waals surface area contributed by atoms with Crippen LogP contribution in [0.1, 0.15) is 18.4 Å². The molecule has 168 valence electrons. The Morgan fingerprint density at radius 3 is 2.55 bits per heavy atom. The normalized spacial score (nSPS) is 13.0. The number of ether oxygens (including phenoxy) is 2. The second kappa shape index (κ2) is 13.0. The van der Waals surface area contributed by atoms with Gasteiger partial charge in [0.2, 0.25) is 0 Å². The van der Waals surface area contributed by atoms with Crippen molar-refractivity contribution in [2.45, 2.75) is 25.4 Å². The summed E-state index contributed by atoms with van der Waals surface area (Å²) in [6, 6.07) is 17.8. The van der Waals surface area contributed by atoms with Crippen LogP contribution in [0.15, 0.2) is 59.6 Å². The second-order valence-electron chi connectivity index (χ2n) is 7.26. The summed E-state index contributed by atoms with van der Waals surface area (Å²) in [5.74, 6) is 2.25. The van der Waals surface area contributed by atoms with Gasteiger partial charge in [-0.1, -0.05) is 30.3 Å². The van der Waals surface area contributed by atoms with Crippen molar-refractivity contribution in [2.24, 2.45) is 4.99 Å². The molecule has 2 N–H and O–H groups in total. The van der Waals surface area contributed by atoms with E-state index in [1.807, 2.05) is 66.5 Å². The fourth-order valence-electron chi connectivity index (χ4n) is 2.88. The molecule has 0 aliphatic heterocycles. The molecule has 1 fully saturated rings. The van der Waals surface area contributed by atoms with E-state index in [9.17, 15) is 4.79 Å². The first-order chi connectivity index (χ1) is 14.6. The van der Waals surface area contributed by atoms with Crippen molar-refractivity contribution in [3.63, 3.8) is 0 Å². The lowest BCUT2D eigenvalue weighted by molar-refractivity contribution is -0.123. The lowest BCUT2D eigenvalue weighted by Gasteiger charge is -2.22. The zero-order valence-electron chi connectivity index (χ0n) is 18.0. The quantitative estimate of drug-likeness (QED) is 0.277. The number of carbonyl (C=O) groups is 1. The van der Waals surface area contributed by atoms with Gasteiger partial charge in [-0.25, -0.2) is 0 Å². The Bertz CT molecular complexity index is 844. The van der Waals surface area contributed by atoms with Crippen LogP contribution in [-0.2, 0) is 11.3 Å². The van der Waals surface area contributed by atoms with Gasteiger partial charge in [0.15, 0.2) is 12.6 Å². The first-order valence-corrected chi connectivity index (χ1v) is 10.2. The summed E-state index contributed by atoms with van der Waals surface area (Å²) in [5.41, 5.74) is 1.05. The Balaban J connectivity index is 0.00000341. The average Bonchev–Trinajstić information content (AvgIpc) is 3.58. The van der Waals surface area contributed by atoms with E-state index in [1.165, 1.54) is 0 Å². The van der Waals surface area contributed by atoms with Crippen molar-refractivity contribution < 1.29 is 14.3 Å². The third-order valence-corrected chi connectivity index (χ3v) is 4.67.